The van der Waals surface area contributed by atoms with Gasteiger partial charge in [-0.05, 0) is 57.7 Å². The van der Waals surface area contributed by atoms with Crippen LogP contribution in [0.2, 0.25) is 0 Å². The van der Waals surface area contributed by atoms with Gasteiger partial charge in [0.1, 0.15) is 5.75 Å². The van der Waals surface area contributed by atoms with E-state index in [0.29, 0.717) is 12.3 Å². The second-order valence-corrected chi connectivity index (χ2v) is 6.87. The molecule has 1 N–H and O–H groups in total. The van der Waals surface area contributed by atoms with Crippen LogP contribution in [0.3, 0.4) is 0 Å². The van der Waals surface area contributed by atoms with Crippen LogP contribution >= 0.6 is 15.9 Å². The number of nitrogens with zero attached hydrogens (tertiary/aromatic N) is 2. The summed E-state index contributed by atoms with van der Waals surface area (Å²) >= 11 is 3.44. The first-order valence-electron chi connectivity index (χ1n) is 8.31. The van der Waals surface area contributed by atoms with E-state index in [1.807, 2.05) is 66.3 Å². The summed E-state index contributed by atoms with van der Waals surface area (Å²) in [5, 5.41) is 7.06. The molecule has 3 aromatic rings. The standard InChI is InChI=1S/C20H20BrN3O2/c1-15-3-8-19(18(21)11-15)26-14-20(25)22-12-16-4-6-17(7-5-16)13-24-10-2-9-23-24/h2-11H,12-14H2,1H3,(H,22,25). The predicted octanol–water partition coefficient (Wildman–Crippen LogP) is 3.70. The SMILES string of the molecule is Cc1ccc(OCC(=O)NCc2ccc(Cn3cccn3)cc2)c(Br)c1. The summed E-state index contributed by atoms with van der Waals surface area (Å²) < 4.78 is 8.27. The van der Waals surface area contributed by atoms with E-state index >= 15 is 0 Å². The molecule has 3 rings (SSSR count). The Bertz CT molecular complexity index is 861. The van der Waals surface area contributed by atoms with E-state index in [1.54, 1.807) is 6.20 Å². The monoisotopic (exact) mass is 413 g/mol. The number of carbonyl (C=O) groups excluding carboxylic acids is 1. The van der Waals surface area contributed by atoms with Gasteiger partial charge in [-0.15, -0.1) is 0 Å². The maximum atomic E-state index is 12.0. The summed E-state index contributed by atoms with van der Waals surface area (Å²) in [5.74, 6) is 0.506. The lowest BCUT2D eigenvalue weighted by Crippen LogP contribution is -2.28. The Labute approximate surface area is 161 Å². The molecule has 1 heterocycles. The zero-order chi connectivity index (χ0) is 18.4. The molecule has 0 fully saturated rings. The van der Waals surface area contributed by atoms with Gasteiger partial charge in [0.15, 0.2) is 6.61 Å². The smallest absolute Gasteiger partial charge is 0.258 e. The largest absolute Gasteiger partial charge is 0.483 e. The van der Waals surface area contributed by atoms with Gasteiger partial charge in [0, 0.05) is 18.9 Å². The number of halogens is 1. The molecular weight excluding hydrogens is 394 g/mol. The van der Waals surface area contributed by atoms with Gasteiger partial charge in [0.25, 0.3) is 5.91 Å². The molecule has 26 heavy (non-hydrogen) atoms. The van der Waals surface area contributed by atoms with Crippen LogP contribution in [0.25, 0.3) is 0 Å². The van der Waals surface area contributed by atoms with Crippen molar-refractivity contribution < 1.29 is 9.53 Å². The quantitative estimate of drug-likeness (QED) is 0.642. The topological polar surface area (TPSA) is 56.1 Å². The Hall–Kier alpha value is -2.60. The van der Waals surface area contributed by atoms with E-state index < -0.39 is 0 Å². The van der Waals surface area contributed by atoms with Crippen LogP contribution in [0, 0.1) is 6.92 Å². The molecule has 0 spiro atoms. The molecule has 0 bridgehead atoms. The Morgan fingerprint density at radius 2 is 1.96 bits per heavy atom. The van der Waals surface area contributed by atoms with E-state index in [4.69, 9.17) is 4.74 Å². The normalized spacial score (nSPS) is 10.5. The third-order valence-corrected chi connectivity index (χ3v) is 4.48. The molecule has 134 valence electrons. The Balaban J connectivity index is 1.45. The number of carbonyl (C=O) groups is 1. The van der Waals surface area contributed by atoms with Crippen LogP contribution in [0.5, 0.6) is 5.75 Å². The minimum absolute atomic E-state index is 0.0148. The maximum Gasteiger partial charge on any atom is 0.258 e. The summed E-state index contributed by atoms with van der Waals surface area (Å²) in [4.78, 5) is 12.0. The highest BCUT2D eigenvalue weighted by Gasteiger charge is 2.06. The van der Waals surface area contributed by atoms with Gasteiger partial charge >= 0.3 is 0 Å². The third kappa shape index (κ3) is 5.20. The van der Waals surface area contributed by atoms with Gasteiger partial charge < -0.3 is 10.1 Å². The van der Waals surface area contributed by atoms with Crippen molar-refractivity contribution in [2.45, 2.75) is 20.0 Å². The number of amides is 1. The van der Waals surface area contributed by atoms with Gasteiger partial charge in [-0.1, -0.05) is 30.3 Å². The molecule has 5 nitrogen and oxygen atoms in total. The van der Waals surface area contributed by atoms with E-state index in [-0.39, 0.29) is 12.5 Å². The minimum Gasteiger partial charge on any atom is -0.483 e. The van der Waals surface area contributed by atoms with Crippen LogP contribution < -0.4 is 10.1 Å². The van der Waals surface area contributed by atoms with Gasteiger partial charge in [-0.25, -0.2) is 0 Å². The average molecular weight is 414 g/mol. The summed E-state index contributed by atoms with van der Waals surface area (Å²) in [7, 11) is 0. The van der Waals surface area contributed by atoms with Crippen molar-refractivity contribution in [1.82, 2.24) is 15.1 Å². The number of aromatic nitrogens is 2. The van der Waals surface area contributed by atoms with E-state index in [9.17, 15) is 4.79 Å². The number of nitrogens with one attached hydrogen (secondary N) is 1. The molecule has 2 aromatic carbocycles. The molecule has 0 aliphatic rings. The van der Waals surface area contributed by atoms with E-state index in [0.717, 1.165) is 27.7 Å². The molecular formula is C20H20BrN3O2. The molecule has 0 unspecified atom stereocenters. The van der Waals surface area contributed by atoms with Crippen molar-refractivity contribution in [3.8, 4) is 5.75 Å². The second kappa shape index (κ2) is 8.67. The van der Waals surface area contributed by atoms with Crippen LogP contribution in [-0.2, 0) is 17.9 Å². The number of hydrogen-bond acceptors (Lipinski definition) is 3. The van der Waals surface area contributed by atoms with Crippen molar-refractivity contribution in [2.24, 2.45) is 0 Å². The van der Waals surface area contributed by atoms with Gasteiger partial charge in [0.05, 0.1) is 11.0 Å². The Morgan fingerprint density at radius 1 is 1.19 bits per heavy atom. The van der Waals surface area contributed by atoms with Crippen molar-refractivity contribution in [2.75, 3.05) is 6.61 Å². The van der Waals surface area contributed by atoms with Crippen LogP contribution in [0.4, 0.5) is 0 Å². The number of aryl methyl sites for hydroxylation is 1. The molecule has 1 aromatic heterocycles. The highest BCUT2D eigenvalue weighted by molar-refractivity contribution is 9.10. The Morgan fingerprint density at radius 3 is 2.65 bits per heavy atom. The van der Waals surface area contributed by atoms with Crippen LogP contribution in [0.1, 0.15) is 16.7 Å². The highest BCUT2D eigenvalue weighted by Crippen LogP contribution is 2.25. The van der Waals surface area contributed by atoms with Gasteiger partial charge in [-0.3, -0.25) is 9.48 Å². The van der Waals surface area contributed by atoms with E-state index in [2.05, 4.69) is 26.3 Å². The number of benzene rings is 2. The summed E-state index contributed by atoms with van der Waals surface area (Å²) in [6.07, 6.45) is 3.70. The number of ether oxygens (including phenoxy) is 1. The average Bonchev–Trinajstić information content (AvgIpc) is 3.13. The fourth-order valence-corrected chi connectivity index (χ4v) is 3.07. The molecule has 0 saturated heterocycles. The molecule has 0 saturated carbocycles. The molecule has 0 radical (unpaired) electrons. The van der Waals surface area contributed by atoms with Crippen LogP contribution in [-0.4, -0.2) is 22.3 Å². The number of hydrogen-bond donors (Lipinski definition) is 1. The maximum absolute atomic E-state index is 12.0. The zero-order valence-electron chi connectivity index (χ0n) is 14.5. The van der Waals surface area contributed by atoms with Crippen molar-refractivity contribution in [1.29, 1.82) is 0 Å². The highest BCUT2D eigenvalue weighted by atomic mass is 79.9. The van der Waals surface area contributed by atoms with Crippen LogP contribution in [0.15, 0.2) is 65.4 Å². The van der Waals surface area contributed by atoms with Crippen molar-refractivity contribution in [3.05, 3.63) is 82.1 Å². The van der Waals surface area contributed by atoms with Gasteiger partial charge in [0.2, 0.25) is 0 Å². The first kappa shape index (κ1) is 18.2. The third-order valence-electron chi connectivity index (χ3n) is 3.86. The predicted molar refractivity (Wildman–Crippen MR) is 104 cm³/mol. The molecule has 1 amide bonds. The second-order valence-electron chi connectivity index (χ2n) is 6.02. The summed E-state index contributed by atoms with van der Waals surface area (Å²) in [5.41, 5.74) is 3.33. The minimum atomic E-state index is -0.155. The molecule has 6 heteroatoms. The lowest BCUT2D eigenvalue weighted by Gasteiger charge is -2.10. The molecule has 0 aliphatic carbocycles. The van der Waals surface area contributed by atoms with Crippen molar-refractivity contribution >= 4 is 21.8 Å². The fraction of sp³-hybridized carbons (Fsp3) is 0.200. The lowest BCUT2D eigenvalue weighted by atomic mass is 10.1. The fourth-order valence-electron chi connectivity index (χ4n) is 2.46. The first-order chi connectivity index (χ1) is 12.6. The number of rotatable bonds is 7. The first-order valence-corrected chi connectivity index (χ1v) is 9.10. The lowest BCUT2D eigenvalue weighted by molar-refractivity contribution is -0.123. The summed E-state index contributed by atoms with van der Waals surface area (Å²) in [6, 6.07) is 15.8. The Kier molecular flexibility index (Phi) is 6.07. The molecule has 0 atom stereocenters. The van der Waals surface area contributed by atoms with E-state index in [1.165, 1.54) is 0 Å². The molecule has 0 aliphatic heterocycles. The summed E-state index contributed by atoms with van der Waals surface area (Å²) in [6.45, 7) is 3.19. The zero-order valence-corrected chi connectivity index (χ0v) is 16.1. The van der Waals surface area contributed by atoms with Crippen molar-refractivity contribution in [3.63, 3.8) is 0 Å². The van der Waals surface area contributed by atoms with Gasteiger partial charge in [-0.2, -0.15) is 5.10 Å².